The van der Waals surface area contributed by atoms with Crippen molar-refractivity contribution in [1.82, 2.24) is 19.2 Å². The van der Waals surface area contributed by atoms with Crippen LogP contribution in [0.5, 0.6) is 0 Å². The summed E-state index contributed by atoms with van der Waals surface area (Å²) in [5, 5.41) is 0. The summed E-state index contributed by atoms with van der Waals surface area (Å²) >= 11 is 1.03. The summed E-state index contributed by atoms with van der Waals surface area (Å²) in [4.78, 5) is 35.4. The third-order valence-electron chi connectivity index (χ3n) is 4.95. The molecule has 9 nitrogen and oxygen atoms in total. The van der Waals surface area contributed by atoms with Crippen molar-refractivity contribution < 1.29 is 22.7 Å². The van der Waals surface area contributed by atoms with Crippen LogP contribution in [-0.2, 0) is 27.7 Å². The van der Waals surface area contributed by atoms with Gasteiger partial charge in [0.15, 0.2) is 0 Å². The summed E-state index contributed by atoms with van der Waals surface area (Å²) in [6.07, 6.45) is 6.25. The topological polar surface area (TPSA) is 110 Å². The molecule has 0 bridgehead atoms. The van der Waals surface area contributed by atoms with E-state index in [0.29, 0.717) is 30.0 Å². The molecule has 0 aromatic carbocycles. The van der Waals surface area contributed by atoms with Crippen molar-refractivity contribution in [3.8, 4) is 0 Å². The third kappa shape index (κ3) is 4.23. The first-order valence-corrected chi connectivity index (χ1v) is 11.8. The normalized spacial score (nSPS) is 13.9. The SMILES string of the molecule is CCCCN(C)S(=O)(=O)c1sc2c(c1C(=O)OC)CCN(C(=O)c1cnccn1)C2. The van der Waals surface area contributed by atoms with Crippen molar-refractivity contribution in [3.05, 3.63) is 40.3 Å². The number of aromatic nitrogens is 2. The first kappa shape index (κ1) is 22.3. The number of sulfonamides is 1. The maximum atomic E-state index is 13.2. The molecule has 2 aromatic rings. The number of hydrogen-bond donors (Lipinski definition) is 0. The average molecular weight is 453 g/mol. The number of thiophene rings is 1. The molecule has 0 aliphatic carbocycles. The number of nitrogens with zero attached hydrogens (tertiary/aromatic N) is 4. The van der Waals surface area contributed by atoms with E-state index in [0.717, 1.165) is 24.2 Å². The molecular formula is C19H24N4O5S2. The Hall–Kier alpha value is -2.37. The second-order valence-electron chi connectivity index (χ2n) is 6.91. The van der Waals surface area contributed by atoms with Crippen molar-refractivity contribution in [3.63, 3.8) is 0 Å². The molecule has 2 aromatic heterocycles. The van der Waals surface area contributed by atoms with E-state index in [1.165, 1.54) is 37.1 Å². The van der Waals surface area contributed by atoms with Crippen molar-refractivity contribution in [2.45, 2.75) is 36.9 Å². The van der Waals surface area contributed by atoms with Gasteiger partial charge in [-0.3, -0.25) is 9.78 Å². The zero-order valence-electron chi connectivity index (χ0n) is 17.1. The second kappa shape index (κ2) is 9.19. The van der Waals surface area contributed by atoms with Gasteiger partial charge in [-0.1, -0.05) is 13.3 Å². The maximum absolute atomic E-state index is 13.2. The maximum Gasteiger partial charge on any atom is 0.340 e. The molecule has 1 amide bonds. The Kier molecular flexibility index (Phi) is 6.84. The van der Waals surface area contributed by atoms with E-state index in [1.807, 2.05) is 6.92 Å². The summed E-state index contributed by atoms with van der Waals surface area (Å²) in [5.74, 6) is -0.963. The minimum atomic E-state index is -3.86. The monoisotopic (exact) mass is 452 g/mol. The van der Waals surface area contributed by atoms with Crippen LogP contribution in [0, 0.1) is 0 Å². The summed E-state index contributed by atoms with van der Waals surface area (Å²) in [7, 11) is -1.11. The zero-order chi connectivity index (χ0) is 21.9. The third-order valence-corrected chi connectivity index (χ3v) is 8.52. The highest BCUT2D eigenvalue weighted by Crippen LogP contribution is 2.38. The van der Waals surface area contributed by atoms with Gasteiger partial charge in [-0.2, -0.15) is 0 Å². The van der Waals surface area contributed by atoms with E-state index < -0.39 is 16.0 Å². The van der Waals surface area contributed by atoms with Gasteiger partial charge in [-0.25, -0.2) is 22.5 Å². The number of carbonyl (C=O) groups is 2. The number of fused-ring (bicyclic) bond motifs is 1. The number of amides is 1. The first-order chi connectivity index (χ1) is 14.3. The van der Waals surface area contributed by atoms with Crippen LogP contribution in [0.25, 0.3) is 0 Å². The molecule has 3 rings (SSSR count). The van der Waals surface area contributed by atoms with Gasteiger partial charge in [0, 0.05) is 37.4 Å². The molecule has 1 aliphatic rings. The van der Waals surface area contributed by atoms with E-state index in [9.17, 15) is 18.0 Å². The number of ether oxygens (including phenoxy) is 1. The quantitative estimate of drug-likeness (QED) is 0.591. The number of esters is 1. The molecule has 30 heavy (non-hydrogen) atoms. The molecule has 3 heterocycles. The predicted molar refractivity (Wildman–Crippen MR) is 111 cm³/mol. The Morgan fingerprint density at radius 2 is 2.10 bits per heavy atom. The summed E-state index contributed by atoms with van der Waals surface area (Å²) < 4.78 is 32.5. The molecule has 0 N–H and O–H groups in total. The van der Waals surface area contributed by atoms with Gasteiger partial charge >= 0.3 is 5.97 Å². The van der Waals surface area contributed by atoms with Gasteiger partial charge in [0.25, 0.3) is 15.9 Å². The van der Waals surface area contributed by atoms with Gasteiger partial charge in [-0.15, -0.1) is 11.3 Å². The first-order valence-electron chi connectivity index (χ1n) is 9.55. The number of methoxy groups -OCH3 is 1. The molecular weight excluding hydrogens is 428 g/mol. The molecule has 0 saturated heterocycles. The Morgan fingerprint density at radius 3 is 2.73 bits per heavy atom. The molecule has 0 saturated carbocycles. The highest BCUT2D eigenvalue weighted by molar-refractivity contribution is 7.91. The molecule has 0 atom stereocenters. The largest absolute Gasteiger partial charge is 0.465 e. The van der Waals surface area contributed by atoms with Gasteiger partial charge in [-0.05, 0) is 18.4 Å². The number of hydrogen-bond acceptors (Lipinski definition) is 8. The molecule has 162 valence electrons. The van der Waals surface area contributed by atoms with Crippen molar-refractivity contribution in [2.24, 2.45) is 0 Å². The van der Waals surface area contributed by atoms with Gasteiger partial charge in [0.1, 0.15) is 9.90 Å². The summed E-state index contributed by atoms with van der Waals surface area (Å²) in [6.45, 7) is 2.88. The van der Waals surface area contributed by atoms with E-state index in [1.54, 1.807) is 4.90 Å². The Balaban J connectivity index is 1.98. The van der Waals surface area contributed by atoms with Crippen LogP contribution in [0.1, 0.15) is 51.1 Å². The molecule has 0 unspecified atom stereocenters. The van der Waals surface area contributed by atoms with E-state index in [4.69, 9.17) is 4.74 Å². The predicted octanol–water partition coefficient (Wildman–Crippen LogP) is 1.94. The molecule has 1 aliphatic heterocycles. The van der Waals surface area contributed by atoms with E-state index in [-0.39, 0.29) is 27.9 Å². The number of rotatable bonds is 7. The van der Waals surface area contributed by atoms with E-state index in [2.05, 4.69) is 9.97 Å². The molecule has 0 spiro atoms. The minimum Gasteiger partial charge on any atom is -0.465 e. The van der Waals surface area contributed by atoms with Crippen LogP contribution in [0.3, 0.4) is 0 Å². The Bertz CT molecular complexity index is 1040. The Labute approximate surface area is 179 Å². The highest BCUT2D eigenvalue weighted by atomic mass is 32.2. The molecule has 11 heteroatoms. The van der Waals surface area contributed by atoms with E-state index >= 15 is 0 Å². The van der Waals surface area contributed by atoms with Crippen molar-refractivity contribution >= 4 is 33.2 Å². The minimum absolute atomic E-state index is 0.0215. The van der Waals surface area contributed by atoms with Gasteiger partial charge in [0.05, 0.1) is 25.4 Å². The van der Waals surface area contributed by atoms with Crippen LogP contribution in [0.2, 0.25) is 0 Å². The van der Waals surface area contributed by atoms with Crippen LogP contribution in [0.4, 0.5) is 0 Å². The van der Waals surface area contributed by atoms with Crippen LogP contribution >= 0.6 is 11.3 Å². The van der Waals surface area contributed by atoms with Crippen molar-refractivity contribution in [1.29, 1.82) is 0 Å². The lowest BCUT2D eigenvalue weighted by Crippen LogP contribution is -2.36. The highest BCUT2D eigenvalue weighted by Gasteiger charge is 2.36. The molecule has 0 fully saturated rings. The van der Waals surface area contributed by atoms with Crippen LogP contribution in [-0.4, -0.2) is 66.7 Å². The van der Waals surface area contributed by atoms with Gasteiger partial charge in [0.2, 0.25) is 0 Å². The van der Waals surface area contributed by atoms with Gasteiger partial charge < -0.3 is 9.64 Å². The number of carbonyl (C=O) groups excluding carboxylic acids is 2. The number of unbranched alkanes of at least 4 members (excludes halogenated alkanes) is 1. The van der Waals surface area contributed by atoms with Crippen molar-refractivity contribution in [2.75, 3.05) is 27.2 Å². The lowest BCUT2D eigenvalue weighted by atomic mass is 10.0. The van der Waals surface area contributed by atoms with Crippen LogP contribution in [0.15, 0.2) is 22.8 Å². The average Bonchev–Trinajstić information content (AvgIpc) is 3.16. The summed E-state index contributed by atoms with van der Waals surface area (Å²) in [6, 6.07) is 0. The smallest absolute Gasteiger partial charge is 0.340 e. The fourth-order valence-corrected chi connectivity index (χ4v) is 6.56. The Morgan fingerprint density at radius 1 is 1.33 bits per heavy atom. The second-order valence-corrected chi connectivity index (χ2v) is 10.3. The fourth-order valence-electron chi connectivity index (χ4n) is 3.26. The zero-order valence-corrected chi connectivity index (χ0v) is 18.8. The standard InChI is InChI=1S/C19H24N4O5S2/c1-4-5-9-22(2)30(26,27)19-16(18(25)28-3)13-6-10-23(12-15(13)29-19)17(24)14-11-20-7-8-21-14/h7-8,11H,4-6,9-10,12H2,1-3H3. The van der Waals surface area contributed by atoms with Crippen LogP contribution < -0.4 is 0 Å². The lowest BCUT2D eigenvalue weighted by Gasteiger charge is -2.26. The fraction of sp³-hybridized carbons (Fsp3) is 0.474. The lowest BCUT2D eigenvalue weighted by molar-refractivity contribution is 0.0595. The summed E-state index contributed by atoms with van der Waals surface area (Å²) in [5.41, 5.74) is 0.947. The molecule has 0 radical (unpaired) electrons.